The Morgan fingerprint density at radius 2 is 2.03 bits per heavy atom. The molecule has 1 N–H and O–H groups in total. The van der Waals surface area contributed by atoms with Crippen molar-refractivity contribution in [1.29, 1.82) is 5.26 Å². The van der Waals surface area contributed by atoms with E-state index in [-0.39, 0.29) is 37.4 Å². The first-order valence-corrected chi connectivity index (χ1v) is 10.9. The number of pyridine rings is 2. The maximum absolute atomic E-state index is 13.9. The SMILES string of the molecule is CCOC(=O)c1c(O)c2ncc(Cc3ccc(F)cc3CCC(=O)N(C)CC#N)cc2n(C)c1=O. The van der Waals surface area contributed by atoms with Crippen LogP contribution >= 0.6 is 0 Å². The molecule has 0 atom stereocenters. The minimum absolute atomic E-state index is 0.0267. The standard InChI is InChI=1S/C25H25FN4O5/c1-4-35-25(34)21-23(32)22-19(30(3)24(21)33)12-15(14-28-22)11-16-5-7-18(26)13-17(16)6-8-20(31)29(2)10-9-27/h5,7,12-14,32H,4,6,8,10-11H2,1-3H3. The van der Waals surface area contributed by atoms with Crippen LogP contribution in [0, 0.1) is 17.1 Å². The first-order chi connectivity index (χ1) is 16.7. The molecular formula is C25H25FN4O5. The smallest absolute Gasteiger partial charge is 0.347 e. The van der Waals surface area contributed by atoms with Crippen molar-refractivity contribution in [2.45, 2.75) is 26.2 Å². The molecule has 182 valence electrons. The van der Waals surface area contributed by atoms with E-state index in [0.717, 1.165) is 5.56 Å². The van der Waals surface area contributed by atoms with Crippen LogP contribution in [0.2, 0.25) is 0 Å². The van der Waals surface area contributed by atoms with Crippen molar-refractivity contribution >= 4 is 22.9 Å². The topological polar surface area (TPSA) is 126 Å². The molecule has 3 aromatic rings. The van der Waals surface area contributed by atoms with Crippen molar-refractivity contribution in [3.05, 3.63) is 68.9 Å². The summed E-state index contributed by atoms with van der Waals surface area (Å²) in [6, 6.07) is 7.89. The maximum Gasteiger partial charge on any atom is 0.347 e. The molecule has 0 aliphatic rings. The molecule has 0 saturated heterocycles. The predicted molar refractivity (Wildman–Crippen MR) is 125 cm³/mol. The van der Waals surface area contributed by atoms with Crippen LogP contribution in [0.25, 0.3) is 11.0 Å². The molecule has 1 amide bonds. The minimum Gasteiger partial charge on any atom is -0.505 e. The third-order valence-electron chi connectivity index (χ3n) is 5.65. The number of halogens is 1. The van der Waals surface area contributed by atoms with Gasteiger partial charge in [-0.1, -0.05) is 6.07 Å². The number of benzene rings is 1. The number of fused-ring (bicyclic) bond motifs is 1. The number of carbonyl (C=O) groups excluding carboxylic acids is 2. The molecule has 9 nitrogen and oxygen atoms in total. The number of carbonyl (C=O) groups is 2. The zero-order valence-corrected chi connectivity index (χ0v) is 19.7. The molecule has 0 fully saturated rings. The van der Waals surface area contributed by atoms with Crippen LogP contribution in [0.4, 0.5) is 4.39 Å². The van der Waals surface area contributed by atoms with Gasteiger partial charge in [-0.15, -0.1) is 0 Å². The highest BCUT2D eigenvalue weighted by Crippen LogP contribution is 2.26. The molecule has 0 aliphatic carbocycles. The van der Waals surface area contributed by atoms with Gasteiger partial charge < -0.3 is 19.3 Å². The molecular weight excluding hydrogens is 455 g/mol. The molecule has 0 unspecified atom stereocenters. The zero-order chi connectivity index (χ0) is 25.7. The van der Waals surface area contributed by atoms with Gasteiger partial charge in [0.05, 0.1) is 18.2 Å². The number of aryl methyl sites for hydroxylation is 2. The summed E-state index contributed by atoms with van der Waals surface area (Å²) >= 11 is 0. The number of esters is 1. The normalized spacial score (nSPS) is 10.7. The lowest BCUT2D eigenvalue weighted by Crippen LogP contribution is -2.27. The summed E-state index contributed by atoms with van der Waals surface area (Å²) < 4.78 is 20.0. The Morgan fingerprint density at radius 1 is 1.29 bits per heavy atom. The molecule has 10 heteroatoms. The number of amides is 1. The van der Waals surface area contributed by atoms with Crippen molar-refractivity contribution in [2.75, 3.05) is 20.2 Å². The number of hydrogen-bond acceptors (Lipinski definition) is 7. The summed E-state index contributed by atoms with van der Waals surface area (Å²) in [4.78, 5) is 42.6. The Kier molecular flexibility index (Phi) is 7.81. The molecule has 0 spiro atoms. The lowest BCUT2D eigenvalue weighted by molar-refractivity contribution is -0.129. The summed E-state index contributed by atoms with van der Waals surface area (Å²) in [6.07, 6.45) is 2.23. The lowest BCUT2D eigenvalue weighted by Gasteiger charge is -2.15. The zero-order valence-electron chi connectivity index (χ0n) is 19.7. The van der Waals surface area contributed by atoms with E-state index in [4.69, 9.17) is 10.00 Å². The van der Waals surface area contributed by atoms with Crippen LogP contribution in [-0.4, -0.2) is 51.6 Å². The maximum atomic E-state index is 13.9. The first kappa shape index (κ1) is 25.4. The van der Waals surface area contributed by atoms with Crippen molar-refractivity contribution in [1.82, 2.24) is 14.5 Å². The van der Waals surface area contributed by atoms with Gasteiger partial charge in [0.15, 0.2) is 11.3 Å². The Labute approximate surface area is 201 Å². The van der Waals surface area contributed by atoms with E-state index in [1.54, 1.807) is 19.1 Å². The molecule has 0 saturated carbocycles. The molecule has 0 bridgehead atoms. The van der Waals surface area contributed by atoms with Gasteiger partial charge in [-0.2, -0.15) is 5.26 Å². The summed E-state index contributed by atoms with van der Waals surface area (Å²) in [5, 5.41) is 19.3. The second-order valence-electron chi connectivity index (χ2n) is 8.02. The molecule has 0 radical (unpaired) electrons. The monoisotopic (exact) mass is 480 g/mol. The highest BCUT2D eigenvalue weighted by atomic mass is 19.1. The summed E-state index contributed by atoms with van der Waals surface area (Å²) in [6.45, 7) is 1.61. The van der Waals surface area contributed by atoms with Crippen LogP contribution in [0.5, 0.6) is 5.75 Å². The van der Waals surface area contributed by atoms with Gasteiger partial charge in [0.2, 0.25) is 5.91 Å². The van der Waals surface area contributed by atoms with Crippen LogP contribution in [0.1, 0.15) is 40.4 Å². The summed E-state index contributed by atoms with van der Waals surface area (Å²) in [7, 11) is 3.00. The Balaban J connectivity index is 1.94. The largest absolute Gasteiger partial charge is 0.505 e. The van der Waals surface area contributed by atoms with Crippen LogP contribution in [-0.2, 0) is 29.4 Å². The number of nitriles is 1. The van der Waals surface area contributed by atoms with Crippen LogP contribution in [0.3, 0.4) is 0 Å². The fourth-order valence-corrected chi connectivity index (χ4v) is 3.76. The molecule has 2 heterocycles. The third kappa shape index (κ3) is 5.46. The van der Waals surface area contributed by atoms with E-state index in [1.807, 2.05) is 6.07 Å². The van der Waals surface area contributed by atoms with Gasteiger partial charge in [0.1, 0.15) is 17.9 Å². The fourth-order valence-electron chi connectivity index (χ4n) is 3.76. The summed E-state index contributed by atoms with van der Waals surface area (Å²) in [5.74, 6) is -2.13. The Hall–Kier alpha value is -4.26. The number of ether oxygens (including phenoxy) is 1. The number of rotatable bonds is 8. The van der Waals surface area contributed by atoms with Gasteiger partial charge >= 0.3 is 5.97 Å². The molecule has 35 heavy (non-hydrogen) atoms. The lowest BCUT2D eigenvalue weighted by atomic mass is 9.97. The highest BCUT2D eigenvalue weighted by molar-refractivity contribution is 5.98. The second kappa shape index (κ2) is 10.8. The average Bonchev–Trinajstić information content (AvgIpc) is 2.83. The van der Waals surface area contributed by atoms with E-state index >= 15 is 0 Å². The predicted octanol–water partition coefficient (Wildman–Crippen LogP) is 2.46. The van der Waals surface area contributed by atoms with Crippen molar-refractivity contribution in [3.63, 3.8) is 0 Å². The molecule has 2 aromatic heterocycles. The summed E-state index contributed by atoms with van der Waals surface area (Å²) in [5.41, 5.74) is 1.28. The Bertz CT molecular complexity index is 1390. The highest BCUT2D eigenvalue weighted by Gasteiger charge is 2.23. The van der Waals surface area contributed by atoms with Gasteiger partial charge in [0.25, 0.3) is 5.56 Å². The van der Waals surface area contributed by atoms with E-state index in [0.29, 0.717) is 23.1 Å². The molecule has 1 aromatic carbocycles. The van der Waals surface area contributed by atoms with Gasteiger partial charge in [-0.25, -0.2) is 9.18 Å². The van der Waals surface area contributed by atoms with E-state index < -0.39 is 28.7 Å². The first-order valence-electron chi connectivity index (χ1n) is 10.9. The van der Waals surface area contributed by atoms with E-state index in [9.17, 15) is 23.9 Å². The van der Waals surface area contributed by atoms with Gasteiger partial charge in [-0.3, -0.25) is 14.6 Å². The van der Waals surface area contributed by atoms with Crippen LogP contribution < -0.4 is 5.56 Å². The minimum atomic E-state index is -0.927. The van der Waals surface area contributed by atoms with Crippen LogP contribution in [0.15, 0.2) is 35.3 Å². The number of aromatic hydroxyl groups is 1. The quantitative estimate of drug-likeness (QED) is 0.388. The fraction of sp³-hybridized carbons (Fsp3) is 0.320. The number of aromatic nitrogens is 2. The number of nitrogens with zero attached hydrogens (tertiary/aromatic N) is 4. The number of hydrogen-bond donors (Lipinski definition) is 1. The molecule has 3 rings (SSSR count). The average molecular weight is 480 g/mol. The van der Waals surface area contributed by atoms with Crippen molar-refractivity contribution in [3.8, 4) is 11.8 Å². The second-order valence-corrected chi connectivity index (χ2v) is 8.02. The van der Waals surface area contributed by atoms with E-state index in [2.05, 4.69) is 4.98 Å². The van der Waals surface area contributed by atoms with E-state index in [1.165, 1.54) is 41.9 Å². The van der Waals surface area contributed by atoms with Crippen molar-refractivity contribution in [2.24, 2.45) is 7.05 Å². The Morgan fingerprint density at radius 3 is 2.71 bits per heavy atom. The van der Waals surface area contributed by atoms with Gasteiger partial charge in [0, 0.05) is 26.7 Å². The van der Waals surface area contributed by atoms with Gasteiger partial charge in [-0.05, 0) is 54.7 Å². The third-order valence-corrected chi connectivity index (χ3v) is 5.65. The molecule has 0 aliphatic heterocycles. The van der Waals surface area contributed by atoms with Crippen molar-refractivity contribution < 1.29 is 23.8 Å².